The van der Waals surface area contributed by atoms with Crippen molar-refractivity contribution >= 4 is 24.9 Å². The van der Waals surface area contributed by atoms with Crippen LogP contribution in [0.3, 0.4) is 0 Å². The summed E-state index contributed by atoms with van der Waals surface area (Å²) in [5.41, 5.74) is -0.413. The van der Waals surface area contributed by atoms with Gasteiger partial charge in [0.2, 0.25) is 0 Å². The lowest BCUT2D eigenvalue weighted by molar-refractivity contribution is -0.385. The molecule has 0 fully saturated rings. The fourth-order valence-electron chi connectivity index (χ4n) is 1.06. The Morgan fingerprint density at radius 1 is 1.47 bits per heavy atom. The molecule has 0 saturated heterocycles. The number of hydrogen-bond donors (Lipinski definition) is 2. The first-order chi connectivity index (χ1) is 6.79. The lowest BCUT2D eigenvalue weighted by atomic mass is 10.2. The third-order valence-corrected chi connectivity index (χ3v) is 2.61. The van der Waals surface area contributed by atoms with E-state index in [4.69, 9.17) is 21.4 Å². The number of nitro benzene ring substituents is 1. The summed E-state index contributed by atoms with van der Waals surface area (Å²) in [4.78, 5) is 27.2. The molecule has 0 aliphatic rings. The van der Waals surface area contributed by atoms with Crippen molar-refractivity contribution in [1.82, 2.24) is 0 Å². The average Bonchev–Trinajstić information content (AvgIpc) is 2.05. The van der Waals surface area contributed by atoms with Gasteiger partial charge in [0.15, 0.2) is 0 Å². The van der Waals surface area contributed by atoms with Crippen LogP contribution >= 0.6 is 19.2 Å². The van der Waals surface area contributed by atoms with E-state index in [2.05, 4.69) is 0 Å². The van der Waals surface area contributed by atoms with Gasteiger partial charge < -0.3 is 9.79 Å². The van der Waals surface area contributed by atoms with Crippen LogP contribution in [0, 0.1) is 10.1 Å². The summed E-state index contributed by atoms with van der Waals surface area (Å²) in [6, 6.07) is 3.64. The molecule has 0 aromatic heterocycles. The molecule has 0 radical (unpaired) electrons. The Bertz CT molecular complexity index is 443. The highest BCUT2D eigenvalue weighted by atomic mass is 35.5. The molecule has 82 valence electrons. The molecule has 0 amide bonds. The third kappa shape index (κ3) is 3.60. The molecule has 6 nitrogen and oxygen atoms in total. The molecule has 0 unspecified atom stereocenters. The van der Waals surface area contributed by atoms with Crippen molar-refractivity contribution in [2.75, 3.05) is 0 Å². The summed E-state index contributed by atoms with van der Waals surface area (Å²) in [7, 11) is -4.32. The summed E-state index contributed by atoms with van der Waals surface area (Å²) in [5.74, 6) is 0. The average molecular weight is 252 g/mol. The maximum Gasteiger partial charge on any atom is 0.330 e. The summed E-state index contributed by atoms with van der Waals surface area (Å²) in [6.45, 7) is 0. The lowest BCUT2D eigenvalue weighted by Crippen LogP contribution is -1.96. The van der Waals surface area contributed by atoms with Gasteiger partial charge in [-0.1, -0.05) is 17.7 Å². The number of nitrogens with zero attached hydrogens (tertiary/aromatic N) is 1. The van der Waals surface area contributed by atoms with Crippen molar-refractivity contribution in [3.05, 3.63) is 38.9 Å². The molecule has 0 aliphatic carbocycles. The Morgan fingerprint density at radius 2 is 2.07 bits per heavy atom. The quantitative estimate of drug-likeness (QED) is 0.485. The number of benzene rings is 1. The first-order valence-corrected chi connectivity index (χ1v) is 5.94. The maximum atomic E-state index is 10.7. The van der Waals surface area contributed by atoms with Gasteiger partial charge in [0.25, 0.3) is 5.69 Å². The molecule has 0 saturated carbocycles. The van der Waals surface area contributed by atoms with E-state index >= 15 is 0 Å². The minimum absolute atomic E-state index is 0.0299. The van der Waals surface area contributed by atoms with Crippen LogP contribution in [0.15, 0.2) is 18.2 Å². The fraction of sp³-hybridized carbons (Fsp3) is 0.143. The van der Waals surface area contributed by atoms with Crippen LogP contribution in [0.4, 0.5) is 5.69 Å². The van der Waals surface area contributed by atoms with E-state index in [1.54, 1.807) is 0 Å². The fourth-order valence-corrected chi connectivity index (χ4v) is 1.94. The molecule has 0 heterocycles. The van der Waals surface area contributed by atoms with Crippen molar-refractivity contribution in [2.45, 2.75) is 6.16 Å². The van der Waals surface area contributed by atoms with Crippen molar-refractivity contribution < 1.29 is 19.3 Å². The highest BCUT2D eigenvalue weighted by Gasteiger charge is 2.22. The van der Waals surface area contributed by atoms with Crippen molar-refractivity contribution in [3.63, 3.8) is 0 Å². The highest BCUT2D eigenvalue weighted by molar-refractivity contribution is 7.50. The van der Waals surface area contributed by atoms with Gasteiger partial charge in [0, 0.05) is 16.7 Å². The highest BCUT2D eigenvalue weighted by Crippen LogP contribution is 2.41. The molecule has 0 bridgehead atoms. The summed E-state index contributed by atoms with van der Waals surface area (Å²) in [5, 5.41) is 10.7. The predicted octanol–water partition coefficient (Wildman–Crippen LogP) is 1.93. The summed E-state index contributed by atoms with van der Waals surface area (Å²) < 4.78 is 10.7. The normalized spacial score (nSPS) is 11.4. The number of halogens is 1. The van der Waals surface area contributed by atoms with Gasteiger partial charge in [0.1, 0.15) is 0 Å². The van der Waals surface area contributed by atoms with E-state index in [-0.39, 0.29) is 16.3 Å². The zero-order valence-corrected chi connectivity index (χ0v) is 8.98. The minimum atomic E-state index is -4.32. The van der Waals surface area contributed by atoms with Gasteiger partial charge in [-0.15, -0.1) is 0 Å². The van der Waals surface area contributed by atoms with Gasteiger partial charge in [0.05, 0.1) is 11.1 Å². The molecule has 2 N–H and O–H groups in total. The number of hydrogen-bond acceptors (Lipinski definition) is 3. The Kier molecular flexibility index (Phi) is 3.46. The second kappa shape index (κ2) is 4.28. The zero-order chi connectivity index (χ0) is 11.6. The molecular formula is C7H7ClNO5P. The Hall–Kier alpha value is -0.940. The van der Waals surface area contributed by atoms with Gasteiger partial charge in [-0.05, 0) is 6.07 Å². The van der Waals surface area contributed by atoms with Gasteiger partial charge in [-0.2, -0.15) is 0 Å². The van der Waals surface area contributed by atoms with Gasteiger partial charge in [-0.3, -0.25) is 14.7 Å². The largest absolute Gasteiger partial charge is 0.330 e. The Balaban J connectivity index is 3.18. The Labute approximate surface area is 89.8 Å². The monoisotopic (exact) mass is 251 g/mol. The lowest BCUT2D eigenvalue weighted by Gasteiger charge is -2.04. The molecule has 1 rings (SSSR count). The SMILES string of the molecule is O=[N+]([O-])c1cc(Cl)ccc1CP(=O)(O)O. The molecule has 15 heavy (non-hydrogen) atoms. The maximum absolute atomic E-state index is 10.7. The summed E-state index contributed by atoms with van der Waals surface area (Å²) in [6.07, 6.45) is -0.666. The topological polar surface area (TPSA) is 101 Å². The Morgan fingerprint density at radius 3 is 2.53 bits per heavy atom. The molecule has 1 aromatic carbocycles. The van der Waals surface area contributed by atoms with Crippen LogP contribution in [0.2, 0.25) is 5.02 Å². The van der Waals surface area contributed by atoms with Crippen molar-refractivity contribution in [1.29, 1.82) is 0 Å². The smallest absolute Gasteiger partial charge is 0.324 e. The van der Waals surface area contributed by atoms with E-state index in [1.807, 2.05) is 0 Å². The molecule has 0 atom stereocenters. The standard InChI is InChI=1S/C7H7ClNO5P/c8-6-2-1-5(4-15(12,13)14)7(3-6)9(10)11/h1-3H,4H2,(H2,12,13,14). The molecule has 0 aliphatic heterocycles. The van der Waals surface area contributed by atoms with E-state index < -0.39 is 18.7 Å². The van der Waals surface area contributed by atoms with Crippen LogP contribution in [-0.4, -0.2) is 14.7 Å². The van der Waals surface area contributed by atoms with E-state index in [0.717, 1.165) is 6.07 Å². The van der Waals surface area contributed by atoms with E-state index in [1.165, 1.54) is 12.1 Å². The summed E-state index contributed by atoms with van der Waals surface area (Å²) >= 11 is 5.53. The molecular weight excluding hydrogens is 245 g/mol. The molecule has 0 spiro atoms. The first kappa shape index (κ1) is 12.1. The minimum Gasteiger partial charge on any atom is -0.324 e. The number of nitro groups is 1. The van der Waals surface area contributed by atoms with Crippen LogP contribution in [0.5, 0.6) is 0 Å². The van der Waals surface area contributed by atoms with Gasteiger partial charge in [-0.25, -0.2) is 0 Å². The van der Waals surface area contributed by atoms with Gasteiger partial charge >= 0.3 is 7.60 Å². The van der Waals surface area contributed by atoms with Crippen molar-refractivity contribution in [2.24, 2.45) is 0 Å². The zero-order valence-electron chi connectivity index (χ0n) is 7.33. The molecule has 8 heteroatoms. The van der Waals surface area contributed by atoms with Crippen LogP contribution in [0.1, 0.15) is 5.56 Å². The van der Waals surface area contributed by atoms with Crippen molar-refractivity contribution in [3.8, 4) is 0 Å². The molecule has 1 aromatic rings. The second-order valence-corrected chi connectivity index (χ2v) is 4.93. The van der Waals surface area contributed by atoms with E-state index in [9.17, 15) is 14.7 Å². The third-order valence-electron chi connectivity index (χ3n) is 1.62. The predicted molar refractivity (Wildman–Crippen MR) is 53.9 cm³/mol. The van der Waals surface area contributed by atoms with Crippen LogP contribution in [-0.2, 0) is 10.7 Å². The number of rotatable bonds is 3. The first-order valence-electron chi connectivity index (χ1n) is 3.77. The van der Waals surface area contributed by atoms with Crippen LogP contribution < -0.4 is 0 Å². The van der Waals surface area contributed by atoms with Crippen LogP contribution in [0.25, 0.3) is 0 Å². The second-order valence-electron chi connectivity index (χ2n) is 2.85. The van der Waals surface area contributed by atoms with E-state index in [0.29, 0.717) is 0 Å².